The molecule has 0 aromatic heterocycles. The van der Waals surface area contributed by atoms with Crippen LogP contribution in [0.2, 0.25) is 0 Å². The molecule has 0 aliphatic heterocycles. The van der Waals surface area contributed by atoms with E-state index in [0.29, 0.717) is 5.57 Å². The summed E-state index contributed by atoms with van der Waals surface area (Å²) in [7, 11) is 0. The van der Waals surface area contributed by atoms with Gasteiger partial charge in [-0.2, -0.15) is 5.26 Å². The van der Waals surface area contributed by atoms with Crippen LogP contribution in [-0.2, 0) is 0 Å². The van der Waals surface area contributed by atoms with Gasteiger partial charge in [0.25, 0.3) is 0 Å². The molecule has 0 spiro atoms. The van der Waals surface area contributed by atoms with Crippen molar-refractivity contribution in [3.8, 4) is 6.07 Å². The predicted molar refractivity (Wildman–Crippen MR) is 82.1 cm³/mol. The fourth-order valence-electron chi connectivity index (χ4n) is 1.05. The van der Waals surface area contributed by atoms with E-state index < -0.39 is 0 Å². The van der Waals surface area contributed by atoms with Crippen LogP contribution in [0.15, 0.2) is 72.4 Å². The van der Waals surface area contributed by atoms with Crippen molar-refractivity contribution in [3.05, 3.63) is 72.4 Å². The number of nitrogens with zero attached hydrogens (tertiary/aromatic N) is 1. The molecule has 0 aromatic carbocycles. The molecule has 0 aliphatic rings. The second kappa shape index (κ2) is 10.1. The highest BCUT2D eigenvalue weighted by Gasteiger charge is 1.99. The summed E-state index contributed by atoms with van der Waals surface area (Å²) >= 11 is 0. The van der Waals surface area contributed by atoms with Crippen LogP contribution in [0, 0.1) is 11.3 Å². The van der Waals surface area contributed by atoms with Gasteiger partial charge in [0, 0.05) is 5.57 Å². The summed E-state index contributed by atoms with van der Waals surface area (Å²) in [5.41, 5.74) is 3.99. The van der Waals surface area contributed by atoms with E-state index in [0.717, 1.165) is 22.3 Å². The first kappa shape index (κ1) is 18.3. The maximum absolute atomic E-state index is 8.54. The van der Waals surface area contributed by atoms with Crippen LogP contribution in [0.25, 0.3) is 0 Å². The SMILES string of the molecule is C=C(C)/C=C(/C)C(=C)C(=C)/C=C\C(=C)C#N.CC. The zero-order valence-electron chi connectivity index (χ0n) is 12.0. The number of rotatable bonds is 5. The molecule has 0 unspecified atom stereocenters. The Morgan fingerprint density at radius 2 is 1.50 bits per heavy atom. The van der Waals surface area contributed by atoms with E-state index in [1.165, 1.54) is 0 Å². The Bertz CT molecular complexity index is 437. The van der Waals surface area contributed by atoms with Gasteiger partial charge in [-0.1, -0.05) is 57.9 Å². The van der Waals surface area contributed by atoms with Gasteiger partial charge in [-0.25, -0.2) is 0 Å². The van der Waals surface area contributed by atoms with E-state index >= 15 is 0 Å². The smallest absolute Gasteiger partial charge is 0.0985 e. The van der Waals surface area contributed by atoms with Crippen molar-refractivity contribution in [3.63, 3.8) is 0 Å². The topological polar surface area (TPSA) is 23.8 Å². The molecule has 0 saturated carbocycles. The largest absolute Gasteiger partial charge is 0.192 e. The minimum absolute atomic E-state index is 0.399. The molecule has 0 radical (unpaired) electrons. The van der Waals surface area contributed by atoms with Gasteiger partial charge in [0.05, 0.1) is 6.07 Å². The van der Waals surface area contributed by atoms with Crippen molar-refractivity contribution in [2.75, 3.05) is 0 Å². The third-order valence-electron chi connectivity index (χ3n) is 1.96. The van der Waals surface area contributed by atoms with Gasteiger partial charge in [-0.15, -0.1) is 0 Å². The Balaban J connectivity index is 0. The van der Waals surface area contributed by atoms with Crippen LogP contribution >= 0.6 is 0 Å². The highest BCUT2D eigenvalue weighted by molar-refractivity contribution is 5.50. The summed E-state index contributed by atoms with van der Waals surface area (Å²) in [6.07, 6.45) is 5.31. The summed E-state index contributed by atoms with van der Waals surface area (Å²) < 4.78 is 0. The van der Waals surface area contributed by atoms with Gasteiger partial charge < -0.3 is 0 Å². The van der Waals surface area contributed by atoms with Crippen LogP contribution in [0.3, 0.4) is 0 Å². The quantitative estimate of drug-likeness (QED) is 0.474. The molecular formula is C17H23N. The molecule has 0 aliphatic carbocycles. The number of allylic oxidation sites excluding steroid dienone is 8. The summed E-state index contributed by atoms with van der Waals surface area (Å²) in [6, 6.07) is 1.94. The minimum atomic E-state index is 0.399. The molecule has 18 heavy (non-hydrogen) atoms. The molecular weight excluding hydrogens is 218 g/mol. The third kappa shape index (κ3) is 8.13. The van der Waals surface area contributed by atoms with Crippen LogP contribution < -0.4 is 0 Å². The fraction of sp³-hybridized carbons (Fsp3) is 0.235. The molecule has 0 rings (SSSR count). The fourth-order valence-corrected chi connectivity index (χ4v) is 1.05. The van der Waals surface area contributed by atoms with E-state index in [1.807, 2.05) is 39.8 Å². The highest BCUT2D eigenvalue weighted by atomic mass is 14.2. The Hall–Kier alpha value is -2.07. The molecule has 0 saturated heterocycles. The van der Waals surface area contributed by atoms with Gasteiger partial charge in [0.2, 0.25) is 0 Å². The van der Waals surface area contributed by atoms with E-state index in [2.05, 4.69) is 26.3 Å². The molecule has 1 nitrogen and oxygen atoms in total. The van der Waals surface area contributed by atoms with Gasteiger partial charge in [0.1, 0.15) is 0 Å². The summed E-state index contributed by atoms with van der Waals surface area (Å²) in [6.45, 7) is 23.0. The maximum atomic E-state index is 8.54. The summed E-state index contributed by atoms with van der Waals surface area (Å²) in [4.78, 5) is 0. The molecule has 1 heteroatoms. The van der Waals surface area contributed by atoms with Gasteiger partial charge in [-0.05, 0) is 36.6 Å². The Labute approximate surface area is 112 Å². The van der Waals surface area contributed by atoms with E-state index in [-0.39, 0.29) is 0 Å². The van der Waals surface area contributed by atoms with Gasteiger partial charge in [0.15, 0.2) is 0 Å². The van der Waals surface area contributed by atoms with E-state index in [4.69, 9.17) is 5.26 Å². The van der Waals surface area contributed by atoms with Crippen molar-refractivity contribution in [2.45, 2.75) is 27.7 Å². The zero-order valence-corrected chi connectivity index (χ0v) is 12.0. The monoisotopic (exact) mass is 241 g/mol. The molecule has 0 bridgehead atoms. The normalized spacial score (nSPS) is 10.1. The lowest BCUT2D eigenvalue weighted by Crippen LogP contribution is -1.86. The first-order valence-corrected chi connectivity index (χ1v) is 5.88. The lowest BCUT2D eigenvalue weighted by atomic mass is 10.00. The molecule has 0 aromatic rings. The van der Waals surface area contributed by atoms with Crippen molar-refractivity contribution >= 4 is 0 Å². The minimum Gasteiger partial charge on any atom is -0.192 e. The third-order valence-corrected chi connectivity index (χ3v) is 1.96. The summed E-state index contributed by atoms with van der Waals surface area (Å²) in [5.74, 6) is 0. The predicted octanol–water partition coefficient (Wildman–Crippen LogP) is 5.28. The number of hydrogen-bond donors (Lipinski definition) is 0. The maximum Gasteiger partial charge on any atom is 0.0985 e. The van der Waals surface area contributed by atoms with Gasteiger partial charge in [-0.3, -0.25) is 0 Å². The van der Waals surface area contributed by atoms with E-state index in [9.17, 15) is 0 Å². The lowest BCUT2D eigenvalue weighted by Gasteiger charge is -2.05. The Kier molecular flexibility index (Phi) is 10.3. The molecule has 96 valence electrons. The van der Waals surface area contributed by atoms with Crippen LogP contribution in [0.5, 0.6) is 0 Å². The first-order chi connectivity index (χ1) is 8.38. The van der Waals surface area contributed by atoms with Crippen LogP contribution in [-0.4, -0.2) is 0 Å². The lowest BCUT2D eigenvalue weighted by molar-refractivity contribution is 1.37. The van der Waals surface area contributed by atoms with Crippen LogP contribution in [0.1, 0.15) is 27.7 Å². The second-order valence-electron chi connectivity index (χ2n) is 3.65. The second-order valence-corrected chi connectivity index (χ2v) is 3.65. The average molecular weight is 241 g/mol. The first-order valence-electron chi connectivity index (χ1n) is 5.88. The highest BCUT2D eigenvalue weighted by Crippen LogP contribution is 2.18. The van der Waals surface area contributed by atoms with Crippen molar-refractivity contribution < 1.29 is 0 Å². The average Bonchev–Trinajstić information content (AvgIpc) is 2.35. The zero-order chi connectivity index (χ0) is 14.7. The van der Waals surface area contributed by atoms with E-state index in [1.54, 1.807) is 12.2 Å². The molecule has 0 amide bonds. The summed E-state index contributed by atoms with van der Waals surface area (Å²) in [5, 5.41) is 8.54. The molecule has 0 fully saturated rings. The van der Waals surface area contributed by atoms with Crippen molar-refractivity contribution in [1.29, 1.82) is 5.26 Å². The standard InChI is InChI=1S/C15H17N.C2H6/c1-11(2)9-14(5)15(6)13(4)8-7-12(3)10-16;1-2/h7-9H,1,3-4,6H2,2,5H3;1-2H3/b8-7-,14-9-;. The van der Waals surface area contributed by atoms with Crippen molar-refractivity contribution in [1.82, 2.24) is 0 Å². The number of nitriles is 1. The Morgan fingerprint density at radius 3 is 1.89 bits per heavy atom. The Morgan fingerprint density at radius 1 is 1.00 bits per heavy atom. The molecule has 0 atom stereocenters. The van der Waals surface area contributed by atoms with Crippen molar-refractivity contribution in [2.24, 2.45) is 0 Å². The molecule has 0 heterocycles. The molecule has 0 N–H and O–H groups in total. The number of hydrogen-bond acceptors (Lipinski definition) is 1. The van der Waals surface area contributed by atoms with Gasteiger partial charge >= 0.3 is 0 Å². The van der Waals surface area contributed by atoms with Crippen LogP contribution in [0.4, 0.5) is 0 Å².